The zero-order valence-electron chi connectivity index (χ0n) is 15.3. The normalized spacial score (nSPS) is 10.5. The van der Waals surface area contributed by atoms with Crippen LogP contribution >= 0.6 is 0 Å². The summed E-state index contributed by atoms with van der Waals surface area (Å²) < 4.78 is 11.7. The lowest BCUT2D eigenvalue weighted by molar-refractivity contribution is 0.268. The first-order valence-corrected chi connectivity index (χ1v) is 8.44. The maximum Gasteiger partial charge on any atom is 0.161 e. The van der Waals surface area contributed by atoms with Gasteiger partial charge in [0, 0.05) is 0 Å². The minimum absolute atomic E-state index is 0.101. The van der Waals surface area contributed by atoms with Crippen LogP contribution in [0.25, 0.3) is 0 Å². The van der Waals surface area contributed by atoms with Crippen LogP contribution in [0, 0.1) is 0 Å². The van der Waals surface area contributed by atoms with E-state index < -0.39 is 0 Å². The third-order valence-electron chi connectivity index (χ3n) is 3.35. The fraction of sp³-hybridized carbons (Fsp3) is 0.429. The molecule has 0 bridgehead atoms. The molecule has 0 radical (unpaired) electrons. The summed E-state index contributed by atoms with van der Waals surface area (Å²) in [6.45, 7) is 13.8. The molecule has 2 rings (SSSR count). The molecular weight excluding hydrogens is 284 g/mol. The Kier molecular flexibility index (Phi) is 7.67. The average Bonchev–Trinajstić information content (AvgIpc) is 2.56. The van der Waals surface area contributed by atoms with Gasteiger partial charge in [-0.1, -0.05) is 71.0 Å². The molecule has 0 aromatic heterocycles. The second-order valence-corrected chi connectivity index (χ2v) is 6.12. The first-order chi connectivity index (χ1) is 11.0. The molecule has 2 heteroatoms. The molecule has 0 aliphatic rings. The Hall–Kier alpha value is -1.96. The third-order valence-corrected chi connectivity index (χ3v) is 3.35. The van der Waals surface area contributed by atoms with Crippen molar-refractivity contribution in [2.45, 2.75) is 53.6 Å². The van der Waals surface area contributed by atoms with Crippen LogP contribution in [0.3, 0.4) is 0 Å². The topological polar surface area (TPSA) is 18.5 Å². The summed E-state index contributed by atoms with van der Waals surface area (Å²) in [6, 6.07) is 16.4. The minimum Gasteiger partial charge on any atom is -0.490 e. The van der Waals surface area contributed by atoms with Gasteiger partial charge in [-0.05, 0) is 35.6 Å². The van der Waals surface area contributed by atoms with Gasteiger partial charge in [-0.25, -0.2) is 0 Å². The van der Waals surface area contributed by atoms with Crippen molar-refractivity contribution in [1.29, 1.82) is 0 Å². The van der Waals surface area contributed by atoms with Crippen LogP contribution in [0.4, 0.5) is 0 Å². The van der Waals surface area contributed by atoms with E-state index in [1.807, 2.05) is 45.0 Å². The predicted octanol–water partition coefficient (Wildman–Crippen LogP) is 5.99. The predicted molar refractivity (Wildman–Crippen MR) is 98.4 cm³/mol. The summed E-state index contributed by atoms with van der Waals surface area (Å²) in [5, 5.41) is 0. The van der Waals surface area contributed by atoms with Crippen molar-refractivity contribution in [2.75, 3.05) is 6.61 Å². The van der Waals surface area contributed by atoms with Gasteiger partial charge in [0.25, 0.3) is 0 Å². The number of benzene rings is 2. The molecule has 0 N–H and O–H groups in total. The van der Waals surface area contributed by atoms with E-state index in [1.165, 1.54) is 5.56 Å². The van der Waals surface area contributed by atoms with Crippen LogP contribution in [0.5, 0.6) is 11.5 Å². The Morgan fingerprint density at radius 3 is 2.04 bits per heavy atom. The van der Waals surface area contributed by atoms with E-state index in [0.717, 1.165) is 17.1 Å². The van der Waals surface area contributed by atoms with Crippen molar-refractivity contribution >= 4 is 0 Å². The molecule has 2 aromatic carbocycles. The molecule has 0 aliphatic heterocycles. The summed E-state index contributed by atoms with van der Waals surface area (Å²) in [7, 11) is 0. The summed E-state index contributed by atoms with van der Waals surface area (Å²) in [6.07, 6.45) is 0. The van der Waals surface area contributed by atoms with E-state index in [-0.39, 0.29) is 5.41 Å². The maximum atomic E-state index is 5.92. The van der Waals surface area contributed by atoms with Gasteiger partial charge in [0.05, 0.1) is 6.61 Å². The number of ether oxygens (including phenoxy) is 2. The lowest BCUT2D eigenvalue weighted by Gasteiger charge is -2.21. The molecule has 0 fully saturated rings. The third kappa shape index (κ3) is 5.97. The molecule has 0 aliphatic carbocycles. The second kappa shape index (κ2) is 9.24. The highest BCUT2D eigenvalue weighted by molar-refractivity contribution is 5.45. The van der Waals surface area contributed by atoms with E-state index in [4.69, 9.17) is 9.47 Å². The SMILES string of the molecule is CC.CCOc1cc(C(C)(C)C)ccc1OCc1ccccc1. The van der Waals surface area contributed by atoms with Gasteiger partial charge in [0.15, 0.2) is 11.5 Å². The van der Waals surface area contributed by atoms with Crippen molar-refractivity contribution in [3.05, 3.63) is 59.7 Å². The van der Waals surface area contributed by atoms with Crippen molar-refractivity contribution in [3.8, 4) is 11.5 Å². The van der Waals surface area contributed by atoms with Gasteiger partial charge in [0.1, 0.15) is 6.61 Å². The lowest BCUT2D eigenvalue weighted by atomic mass is 9.87. The maximum absolute atomic E-state index is 5.92. The van der Waals surface area contributed by atoms with Gasteiger partial charge in [-0.15, -0.1) is 0 Å². The Bertz CT molecular complexity index is 568. The first-order valence-electron chi connectivity index (χ1n) is 8.44. The van der Waals surface area contributed by atoms with Crippen LogP contribution in [0.15, 0.2) is 48.5 Å². The second-order valence-electron chi connectivity index (χ2n) is 6.12. The van der Waals surface area contributed by atoms with Crippen LogP contribution < -0.4 is 9.47 Å². The largest absolute Gasteiger partial charge is 0.490 e. The van der Waals surface area contributed by atoms with Crippen LogP contribution in [0.1, 0.15) is 52.7 Å². The summed E-state index contributed by atoms with van der Waals surface area (Å²) in [5.41, 5.74) is 2.50. The molecule has 0 saturated carbocycles. The highest BCUT2D eigenvalue weighted by atomic mass is 16.5. The average molecular weight is 314 g/mol. The van der Waals surface area contributed by atoms with Crippen molar-refractivity contribution in [3.63, 3.8) is 0 Å². The molecule has 2 aromatic rings. The summed E-state index contributed by atoms with van der Waals surface area (Å²) in [4.78, 5) is 0. The first kappa shape index (κ1) is 19.1. The van der Waals surface area contributed by atoms with Crippen molar-refractivity contribution in [1.82, 2.24) is 0 Å². The van der Waals surface area contributed by atoms with Crippen molar-refractivity contribution in [2.24, 2.45) is 0 Å². The monoisotopic (exact) mass is 314 g/mol. The standard InChI is InChI=1S/C19H24O2.C2H6/c1-5-20-18-13-16(19(2,3)4)11-12-17(18)21-14-15-9-7-6-8-10-15;1-2/h6-13H,5,14H2,1-4H3;1-2H3. The van der Waals surface area contributed by atoms with E-state index in [1.54, 1.807) is 0 Å². The quantitative estimate of drug-likeness (QED) is 0.675. The summed E-state index contributed by atoms with van der Waals surface area (Å²) in [5.74, 6) is 1.62. The van der Waals surface area contributed by atoms with Crippen LogP contribution in [-0.2, 0) is 12.0 Å². The molecule has 0 atom stereocenters. The van der Waals surface area contributed by atoms with E-state index in [0.29, 0.717) is 13.2 Å². The van der Waals surface area contributed by atoms with Crippen molar-refractivity contribution < 1.29 is 9.47 Å². The molecule has 0 unspecified atom stereocenters. The molecule has 0 spiro atoms. The highest BCUT2D eigenvalue weighted by Crippen LogP contribution is 2.33. The molecule has 0 saturated heterocycles. The molecule has 2 nitrogen and oxygen atoms in total. The lowest BCUT2D eigenvalue weighted by Crippen LogP contribution is -2.11. The molecule has 0 amide bonds. The molecular formula is C21H30O2. The van der Waals surface area contributed by atoms with Gasteiger partial charge in [-0.2, -0.15) is 0 Å². The fourth-order valence-electron chi connectivity index (χ4n) is 2.10. The van der Waals surface area contributed by atoms with Gasteiger partial charge in [0.2, 0.25) is 0 Å². The Morgan fingerprint density at radius 1 is 0.826 bits per heavy atom. The zero-order chi connectivity index (χ0) is 17.3. The molecule has 0 heterocycles. The Labute approximate surface area is 141 Å². The van der Waals surface area contributed by atoms with Crippen LogP contribution in [0.2, 0.25) is 0 Å². The Morgan fingerprint density at radius 2 is 1.48 bits per heavy atom. The minimum atomic E-state index is 0.101. The van der Waals surface area contributed by atoms with E-state index in [9.17, 15) is 0 Å². The van der Waals surface area contributed by atoms with Gasteiger partial charge in [-0.3, -0.25) is 0 Å². The Balaban J connectivity index is 0.00000127. The van der Waals surface area contributed by atoms with Gasteiger partial charge >= 0.3 is 0 Å². The van der Waals surface area contributed by atoms with E-state index in [2.05, 4.69) is 45.0 Å². The van der Waals surface area contributed by atoms with Crippen LogP contribution in [-0.4, -0.2) is 6.61 Å². The number of rotatable bonds is 5. The smallest absolute Gasteiger partial charge is 0.161 e. The number of hydrogen-bond acceptors (Lipinski definition) is 2. The molecule has 23 heavy (non-hydrogen) atoms. The fourth-order valence-corrected chi connectivity index (χ4v) is 2.10. The number of hydrogen-bond donors (Lipinski definition) is 0. The zero-order valence-corrected chi connectivity index (χ0v) is 15.3. The highest BCUT2D eigenvalue weighted by Gasteiger charge is 2.16. The van der Waals surface area contributed by atoms with Gasteiger partial charge < -0.3 is 9.47 Å². The van der Waals surface area contributed by atoms with E-state index >= 15 is 0 Å². The summed E-state index contributed by atoms with van der Waals surface area (Å²) >= 11 is 0. The molecule has 126 valence electrons.